The number of nitrogens with zero attached hydrogens (tertiary/aromatic N) is 5. The summed E-state index contributed by atoms with van der Waals surface area (Å²) in [4.78, 5) is 10.3. The number of alkyl halides is 1. The van der Waals surface area contributed by atoms with E-state index in [1.807, 2.05) is 24.1 Å². The molecule has 0 saturated carbocycles. The summed E-state index contributed by atoms with van der Waals surface area (Å²) in [5, 5.41) is 23.9. The molecule has 0 aliphatic carbocycles. The molecule has 2 saturated heterocycles. The second-order valence-electron chi connectivity index (χ2n) is 7.64. The van der Waals surface area contributed by atoms with Crippen LogP contribution in [0.3, 0.4) is 0 Å². The SMILES string of the molecule is CN(c1cnc(-c2cc3ccncc3cc2O)nn1)[C@H]1CC2CCC(N2)[C@@H]1F. The molecule has 2 aliphatic heterocycles. The van der Waals surface area contributed by atoms with E-state index in [0.29, 0.717) is 23.2 Å². The lowest BCUT2D eigenvalue weighted by molar-refractivity contribution is 0.176. The van der Waals surface area contributed by atoms with Crippen molar-refractivity contribution in [2.75, 3.05) is 11.9 Å². The Bertz CT molecular complexity index is 1010. The number of aromatic nitrogens is 4. The Balaban J connectivity index is 1.42. The maximum atomic E-state index is 14.8. The minimum atomic E-state index is -0.941. The summed E-state index contributed by atoms with van der Waals surface area (Å²) >= 11 is 0. The molecule has 0 radical (unpaired) electrons. The number of nitrogens with one attached hydrogen (secondary N) is 1. The number of hydrogen-bond acceptors (Lipinski definition) is 7. The first-order chi connectivity index (χ1) is 13.6. The molecule has 2 fully saturated rings. The molecule has 4 heterocycles. The van der Waals surface area contributed by atoms with Gasteiger partial charge in [0.25, 0.3) is 0 Å². The number of benzene rings is 1. The number of piperidine rings is 1. The summed E-state index contributed by atoms with van der Waals surface area (Å²) in [7, 11) is 1.84. The molecule has 144 valence electrons. The van der Waals surface area contributed by atoms with E-state index < -0.39 is 6.17 Å². The van der Waals surface area contributed by atoms with Crippen LogP contribution in [-0.2, 0) is 0 Å². The van der Waals surface area contributed by atoms with Crippen LogP contribution in [0.4, 0.5) is 10.2 Å². The van der Waals surface area contributed by atoms with Crippen molar-refractivity contribution in [1.82, 2.24) is 25.5 Å². The summed E-state index contributed by atoms with van der Waals surface area (Å²) in [6.45, 7) is 0. The second-order valence-corrected chi connectivity index (χ2v) is 7.64. The van der Waals surface area contributed by atoms with Gasteiger partial charge in [0, 0.05) is 36.9 Å². The first-order valence-corrected chi connectivity index (χ1v) is 9.50. The number of fused-ring (bicyclic) bond motifs is 3. The maximum absolute atomic E-state index is 14.8. The van der Waals surface area contributed by atoms with Crippen molar-refractivity contribution >= 4 is 16.6 Å². The summed E-state index contributed by atoms with van der Waals surface area (Å²) in [5.41, 5.74) is 0.503. The number of aromatic hydroxyl groups is 1. The Morgan fingerprint density at radius 2 is 2.07 bits per heavy atom. The lowest BCUT2D eigenvalue weighted by Crippen LogP contribution is -2.55. The predicted octanol–water partition coefficient (Wildman–Crippen LogP) is 2.46. The number of halogens is 1. The molecule has 7 nitrogen and oxygen atoms in total. The van der Waals surface area contributed by atoms with Crippen molar-refractivity contribution in [2.24, 2.45) is 0 Å². The zero-order valence-corrected chi connectivity index (χ0v) is 15.5. The van der Waals surface area contributed by atoms with Gasteiger partial charge in [-0.3, -0.25) is 4.98 Å². The van der Waals surface area contributed by atoms with Gasteiger partial charge in [-0.1, -0.05) is 0 Å². The highest BCUT2D eigenvalue weighted by atomic mass is 19.1. The molecule has 4 atom stereocenters. The van der Waals surface area contributed by atoms with E-state index in [0.717, 1.165) is 30.0 Å². The topological polar surface area (TPSA) is 87.1 Å². The molecular weight excluding hydrogens is 359 g/mol. The van der Waals surface area contributed by atoms with Crippen LogP contribution in [0.1, 0.15) is 19.3 Å². The number of phenolic OH excluding ortho intramolecular Hbond substituents is 1. The Hall–Kier alpha value is -2.87. The molecule has 1 aromatic carbocycles. The van der Waals surface area contributed by atoms with E-state index in [1.165, 1.54) is 0 Å². The third-order valence-corrected chi connectivity index (χ3v) is 5.96. The van der Waals surface area contributed by atoms with E-state index in [2.05, 4.69) is 25.5 Å². The van der Waals surface area contributed by atoms with Crippen molar-refractivity contribution in [3.63, 3.8) is 0 Å². The van der Waals surface area contributed by atoms with Crippen LogP contribution >= 0.6 is 0 Å². The van der Waals surface area contributed by atoms with Gasteiger partial charge in [0.15, 0.2) is 11.6 Å². The Morgan fingerprint density at radius 3 is 2.89 bits per heavy atom. The fraction of sp³-hybridized carbons (Fsp3) is 0.400. The Morgan fingerprint density at radius 1 is 1.18 bits per heavy atom. The van der Waals surface area contributed by atoms with Gasteiger partial charge in [0.05, 0.1) is 17.8 Å². The zero-order valence-electron chi connectivity index (χ0n) is 15.5. The number of hydrogen-bond donors (Lipinski definition) is 2. The summed E-state index contributed by atoms with van der Waals surface area (Å²) in [5.74, 6) is 0.930. The quantitative estimate of drug-likeness (QED) is 0.722. The molecule has 0 amide bonds. The average molecular weight is 380 g/mol. The van der Waals surface area contributed by atoms with Crippen LogP contribution < -0.4 is 10.2 Å². The largest absolute Gasteiger partial charge is 0.507 e. The monoisotopic (exact) mass is 380 g/mol. The van der Waals surface area contributed by atoms with E-state index in [9.17, 15) is 9.50 Å². The van der Waals surface area contributed by atoms with Crippen molar-refractivity contribution in [3.8, 4) is 17.1 Å². The highest BCUT2D eigenvalue weighted by Gasteiger charge is 2.43. The number of rotatable bonds is 3. The van der Waals surface area contributed by atoms with Gasteiger partial charge in [-0.2, -0.15) is 0 Å². The van der Waals surface area contributed by atoms with Crippen molar-refractivity contribution < 1.29 is 9.50 Å². The van der Waals surface area contributed by atoms with Gasteiger partial charge in [0.2, 0.25) is 0 Å². The van der Waals surface area contributed by atoms with Crippen molar-refractivity contribution in [2.45, 2.75) is 43.6 Å². The van der Waals surface area contributed by atoms with Crippen LogP contribution in [0.5, 0.6) is 5.75 Å². The van der Waals surface area contributed by atoms with E-state index in [4.69, 9.17) is 0 Å². The summed E-state index contributed by atoms with van der Waals surface area (Å²) < 4.78 is 14.8. The highest BCUT2D eigenvalue weighted by molar-refractivity contribution is 5.88. The summed E-state index contributed by atoms with van der Waals surface area (Å²) in [6.07, 6.45) is 6.69. The van der Waals surface area contributed by atoms with E-state index >= 15 is 0 Å². The minimum absolute atomic E-state index is 0.0714. The molecular formula is C20H21FN6O. The molecule has 8 heteroatoms. The molecule has 2 bridgehead atoms. The lowest BCUT2D eigenvalue weighted by atomic mass is 9.96. The number of pyridine rings is 1. The normalized spacial score (nSPS) is 26.5. The number of phenols is 1. The first-order valence-electron chi connectivity index (χ1n) is 9.50. The van der Waals surface area contributed by atoms with Gasteiger partial charge < -0.3 is 15.3 Å². The molecule has 5 rings (SSSR count). The van der Waals surface area contributed by atoms with Crippen LogP contribution in [0.15, 0.2) is 36.8 Å². The molecule has 2 aliphatic rings. The third kappa shape index (κ3) is 2.84. The highest BCUT2D eigenvalue weighted by Crippen LogP contribution is 2.34. The Kier molecular flexibility index (Phi) is 4.08. The summed E-state index contributed by atoms with van der Waals surface area (Å²) in [6, 6.07) is 5.38. The minimum Gasteiger partial charge on any atom is -0.507 e. The molecule has 2 unspecified atom stereocenters. The smallest absolute Gasteiger partial charge is 0.185 e. The van der Waals surface area contributed by atoms with Gasteiger partial charge in [-0.05, 0) is 42.8 Å². The number of anilines is 1. The van der Waals surface area contributed by atoms with Gasteiger partial charge in [-0.25, -0.2) is 9.37 Å². The lowest BCUT2D eigenvalue weighted by Gasteiger charge is -2.38. The Labute approximate surface area is 161 Å². The molecule has 3 aromatic rings. The maximum Gasteiger partial charge on any atom is 0.185 e. The molecule has 0 spiro atoms. The van der Waals surface area contributed by atoms with Crippen LogP contribution in [0, 0.1) is 0 Å². The molecule has 2 aromatic heterocycles. The van der Waals surface area contributed by atoms with Gasteiger partial charge in [-0.15, -0.1) is 10.2 Å². The standard InChI is InChI=1S/C20H21FN6O/c1-27(16-8-13-2-3-15(24-13)19(16)21)18-10-23-20(26-25-18)14-6-11-4-5-22-9-12(11)7-17(14)28/h4-7,9-10,13,15-16,19,24,28H,2-3,8H2,1H3/t13?,15?,16-,19-/m0/s1. The fourth-order valence-electron chi connectivity index (χ4n) is 4.38. The van der Waals surface area contributed by atoms with Gasteiger partial charge in [0.1, 0.15) is 11.9 Å². The van der Waals surface area contributed by atoms with Gasteiger partial charge >= 0.3 is 0 Å². The van der Waals surface area contributed by atoms with Crippen LogP contribution in [0.25, 0.3) is 22.2 Å². The molecule has 28 heavy (non-hydrogen) atoms. The van der Waals surface area contributed by atoms with E-state index in [1.54, 1.807) is 24.7 Å². The zero-order chi connectivity index (χ0) is 19.3. The van der Waals surface area contributed by atoms with Crippen LogP contribution in [0.2, 0.25) is 0 Å². The first kappa shape index (κ1) is 17.2. The van der Waals surface area contributed by atoms with Crippen molar-refractivity contribution in [3.05, 3.63) is 36.8 Å². The van der Waals surface area contributed by atoms with Crippen LogP contribution in [-0.4, -0.2) is 56.6 Å². The van der Waals surface area contributed by atoms with E-state index in [-0.39, 0.29) is 17.8 Å². The second kappa shape index (κ2) is 6.63. The fourth-order valence-corrected chi connectivity index (χ4v) is 4.38. The third-order valence-electron chi connectivity index (χ3n) is 5.96. The molecule has 2 N–H and O–H groups in total. The van der Waals surface area contributed by atoms with Crippen molar-refractivity contribution in [1.29, 1.82) is 0 Å². The predicted molar refractivity (Wildman–Crippen MR) is 104 cm³/mol. The average Bonchev–Trinajstić information content (AvgIpc) is 3.13.